The number of nitrogens with zero attached hydrogens (tertiary/aromatic N) is 2. The van der Waals surface area contributed by atoms with Crippen molar-refractivity contribution in [2.24, 2.45) is 0 Å². The number of imidazole rings is 1. The van der Waals surface area contributed by atoms with Crippen molar-refractivity contribution in [3.05, 3.63) is 24.0 Å². The van der Waals surface area contributed by atoms with E-state index >= 15 is 0 Å². The number of alkyl halides is 1. The fourth-order valence-corrected chi connectivity index (χ4v) is 4.45. The highest BCUT2D eigenvalue weighted by atomic mass is 35.5. The van der Waals surface area contributed by atoms with E-state index in [-0.39, 0.29) is 0 Å². The maximum atomic E-state index is 6.13. The molecule has 114 valence electrons. The number of rotatable bonds is 5. The van der Waals surface area contributed by atoms with Crippen molar-refractivity contribution >= 4 is 34.4 Å². The van der Waals surface area contributed by atoms with Gasteiger partial charge in [0.05, 0.1) is 24.0 Å². The van der Waals surface area contributed by atoms with E-state index in [4.69, 9.17) is 16.3 Å². The molecule has 0 unspecified atom stereocenters. The van der Waals surface area contributed by atoms with Crippen molar-refractivity contribution in [1.29, 1.82) is 0 Å². The second kappa shape index (κ2) is 6.09. The first-order valence-electron chi connectivity index (χ1n) is 7.35. The average molecular weight is 325 g/mol. The fourth-order valence-electron chi connectivity index (χ4n) is 3.29. The number of methoxy groups -OCH3 is 1. The van der Waals surface area contributed by atoms with Gasteiger partial charge in [0.1, 0.15) is 11.6 Å². The van der Waals surface area contributed by atoms with Crippen LogP contribution in [0.2, 0.25) is 0 Å². The maximum absolute atomic E-state index is 6.13. The Balaban J connectivity index is 2.06. The third-order valence-corrected chi connectivity index (χ3v) is 6.19. The minimum Gasteiger partial charge on any atom is -0.497 e. The van der Waals surface area contributed by atoms with Crippen LogP contribution in [0.15, 0.2) is 18.2 Å². The molecule has 2 aromatic rings. The molecule has 1 aliphatic rings. The predicted octanol–water partition coefficient (Wildman–Crippen LogP) is 4.46. The first kappa shape index (κ1) is 15.0. The molecule has 0 radical (unpaired) electrons. The lowest BCUT2D eigenvalue weighted by Crippen LogP contribution is -2.27. The van der Waals surface area contributed by atoms with E-state index in [0.29, 0.717) is 10.6 Å². The van der Waals surface area contributed by atoms with Gasteiger partial charge in [-0.15, -0.1) is 11.6 Å². The quantitative estimate of drug-likeness (QED) is 0.760. The summed E-state index contributed by atoms with van der Waals surface area (Å²) in [5, 5.41) is 0. The Morgan fingerprint density at radius 3 is 2.76 bits per heavy atom. The van der Waals surface area contributed by atoms with Crippen LogP contribution in [0, 0.1) is 0 Å². The molecule has 0 bridgehead atoms. The zero-order valence-electron chi connectivity index (χ0n) is 12.6. The summed E-state index contributed by atoms with van der Waals surface area (Å²) >= 11 is 8.12. The summed E-state index contributed by atoms with van der Waals surface area (Å²) in [6.07, 6.45) is 7.43. The monoisotopic (exact) mass is 324 g/mol. The molecule has 1 saturated carbocycles. The molecular formula is C16H21ClN2OS. The van der Waals surface area contributed by atoms with Crippen molar-refractivity contribution in [2.45, 2.75) is 42.9 Å². The third-order valence-electron chi connectivity index (χ3n) is 4.55. The van der Waals surface area contributed by atoms with E-state index in [1.165, 1.54) is 25.7 Å². The van der Waals surface area contributed by atoms with E-state index in [9.17, 15) is 0 Å². The molecule has 3 nitrogen and oxygen atoms in total. The van der Waals surface area contributed by atoms with Crippen LogP contribution in [0.25, 0.3) is 11.0 Å². The van der Waals surface area contributed by atoms with Gasteiger partial charge in [-0.3, -0.25) is 0 Å². The lowest BCUT2D eigenvalue weighted by atomic mass is 10.1. The highest BCUT2D eigenvalue weighted by Gasteiger charge is 2.34. The Bertz CT molecular complexity index is 634. The molecule has 21 heavy (non-hydrogen) atoms. The van der Waals surface area contributed by atoms with E-state index in [1.54, 1.807) is 7.11 Å². The number of ether oxygens (including phenoxy) is 1. The summed E-state index contributed by atoms with van der Waals surface area (Å²) < 4.78 is 7.99. The summed E-state index contributed by atoms with van der Waals surface area (Å²) in [6.45, 7) is 0.986. The highest BCUT2D eigenvalue weighted by Crippen LogP contribution is 2.42. The number of aromatic nitrogens is 2. The van der Waals surface area contributed by atoms with E-state index in [1.807, 2.05) is 23.9 Å². The number of benzene rings is 1. The van der Waals surface area contributed by atoms with Gasteiger partial charge in [-0.1, -0.05) is 12.8 Å². The Kier molecular flexibility index (Phi) is 4.36. The van der Waals surface area contributed by atoms with Crippen LogP contribution < -0.4 is 4.74 Å². The number of fused-ring (bicyclic) bond motifs is 1. The van der Waals surface area contributed by atoms with Gasteiger partial charge in [0.2, 0.25) is 0 Å². The topological polar surface area (TPSA) is 27.1 Å². The summed E-state index contributed by atoms with van der Waals surface area (Å²) in [5.41, 5.74) is 2.13. The molecule has 1 fully saturated rings. The SMILES string of the molecule is COc1ccc2nc(CCl)n(CC3(SC)CCCC3)c2c1. The zero-order chi connectivity index (χ0) is 14.9. The summed E-state index contributed by atoms with van der Waals surface area (Å²) in [5.74, 6) is 2.27. The van der Waals surface area contributed by atoms with Crippen molar-refractivity contribution in [1.82, 2.24) is 9.55 Å². The summed E-state index contributed by atoms with van der Waals surface area (Å²) in [6, 6.07) is 6.04. The predicted molar refractivity (Wildman–Crippen MR) is 90.6 cm³/mol. The molecular weight excluding hydrogens is 304 g/mol. The standard InChI is InChI=1S/C16H21ClN2OS/c1-20-12-5-6-13-14(9-12)19(15(10-17)18-13)11-16(21-2)7-3-4-8-16/h5-6,9H,3-4,7-8,10-11H2,1-2H3. The van der Waals surface area contributed by atoms with Crippen molar-refractivity contribution in [3.8, 4) is 5.75 Å². The van der Waals surface area contributed by atoms with Crippen molar-refractivity contribution in [2.75, 3.05) is 13.4 Å². The molecule has 0 aliphatic heterocycles. The van der Waals surface area contributed by atoms with Crippen LogP contribution in [-0.4, -0.2) is 27.7 Å². The zero-order valence-corrected chi connectivity index (χ0v) is 14.1. The Labute approximate surface area is 135 Å². The molecule has 1 aromatic carbocycles. The van der Waals surface area contributed by atoms with E-state index in [0.717, 1.165) is 29.2 Å². The van der Waals surface area contributed by atoms with Gasteiger partial charge < -0.3 is 9.30 Å². The number of hydrogen-bond acceptors (Lipinski definition) is 3. The van der Waals surface area contributed by atoms with E-state index in [2.05, 4.69) is 21.9 Å². The molecule has 0 spiro atoms. The molecule has 1 aromatic heterocycles. The second-order valence-electron chi connectivity index (χ2n) is 5.70. The minimum absolute atomic E-state index is 0.331. The van der Waals surface area contributed by atoms with Gasteiger partial charge >= 0.3 is 0 Å². The van der Waals surface area contributed by atoms with Crippen molar-refractivity contribution < 1.29 is 4.74 Å². The molecule has 1 aliphatic carbocycles. The number of halogens is 1. The maximum Gasteiger partial charge on any atom is 0.124 e. The van der Waals surface area contributed by atoms with Crippen LogP contribution in [0.4, 0.5) is 0 Å². The largest absolute Gasteiger partial charge is 0.497 e. The van der Waals surface area contributed by atoms with Crippen LogP contribution in [-0.2, 0) is 12.4 Å². The number of thioether (sulfide) groups is 1. The lowest BCUT2D eigenvalue weighted by Gasteiger charge is -2.28. The van der Waals surface area contributed by atoms with Crippen LogP contribution in [0.3, 0.4) is 0 Å². The lowest BCUT2D eigenvalue weighted by molar-refractivity contribution is 0.415. The van der Waals surface area contributed by atoms with E-state index < -0.39 is 0 Å². The normalized spacial score (nSPS) is 17.5. The van der Waals surface area contributed by atoms with Gasteiger partial charge in [0, 0.05) is 17.4 Å². The summed E-state index contributed by atoms with van der Waals surface area (Å²) in [7, 11) is 1.70. The molecule has 0 amide bonds. The van der Waals surface area contributed by atoms with Crippen LogP contribution in [0.1, 0.15) is 31.5 Å². The molecule has 0 N–H and O–H groups in total. The third kappa shape index (κ3) is 2.76. The number of hydrogen-bond donors (Lipinski definition) is 0. The Morgan fingerprint density at radius 1 is 1.38 bits per heavy atom. The second-order valence-corrected chi connectivity index (χ2v) is 7.24. The molecule has 5 heteroatoms. The van der Waals surface area contributed by atoms with Crippen LogP contribution >= 0.6 is 23.4 Å². The highest BCUT2D eigenvalue weighted by molar-refractivity contribution is 8.00. The van der Waals surface area contributed by atoms with Gasteiger partial charge in [0.15, 0.2) is 0 Å². The fraction of sp³-hybridized carbons (Fsp3) is 0.562. The van der Waals surface area contributed by atoms with Crippen molar-refractivity contribution in [3.63, 3.8) is 0 Å². The first-order valence-corrected chi connectivity index (χ1v) is 9.11. The van der Waals surface area contributed by atoms with Gasteiger partial charge in [0.25, 0.3) is 0 Å². The Hall–Kier alpha value is -0.870. The minimum atomic E-state index is 0.331. The Morgan fingerprint density at radius 2 is 2.14 bits per heavy atom. The van der Waals surface area contributed by atoms with Crippen LogP contribution in [0.5, 0.6) is 5.75 Å². The smallest absolute Gasteiger partial charge is 0.124 e. The summed E-state index contributed by atoms with van der Waals surface area (Å²) in [4.78, 5) is 4.68. The first-order chi connectivity index (χ1) is 10.2. The molecule has 3 rings (SSSR count). The molecule has 1 heterocycles. The van der Waals surface area contributed by atoms with Gasteiger partial charge in [-0.05, 0) is 31.2 Å². The molecule has 0 atom stereocenters. The van der Waals surface area contributed by atoms with Gasteiger partial charge in [-0.25, -0.2) is 4.98 Å². The van der Waals surface area contributed by atoms with Gasteiger partial charge in [-0.2, -0.15) is 11.8 Å². The molecule has 0 saturated heterocycles. The average Bonchev–Trinajstić information content (AvgIpc) is 3.12.